The van der Waals surface area contributed by atoms with Gasteiger partial charge in [0.05, 0.1) is 14.2 Å². The highest BCUT2D eigenvalue weighted by Crippen LogP contribution is 2.02. The molecule has 0 heterocycles. The minimum atomic E-state index is -0.544. The molecule has 0 N–H and O–H groups in total. The van der Waals surface area contributed by atoms with E-state index in [1.807, 2.05) is 0 Å². The zero-order valence-corrected chi connectivity index (χ0v) is 7.42. The van der Waals surface area contributed by atoms with Gasteiger partial charge in [0.2, 0.25) is 0 Å². The van der Waals surface area contributed by atoms with Crippen LogP contribution in [0.25, 0.3) is 0 Å². The van der Waals surface area contributed by atoms with Crippen molar-refractivity contribution in [1.82, 2.24) is 0 Å². The second-order valence-electron chi connectivity index (χ2n) is 2.04. The minimum absolute atomic E-state index is 0.310. The maximum absolute atomic E-state index is 10.9. The van der Waals surface area contributed by atoms with Crippen LogP contribution < -0.4 is 0 Å². The highest BCUT2D eigenvalue weighted by molar-refractivity contribution is 5.96. The van der Waals surface area contributed by atoms with Crippen LogP contribution in [0.4, 0.5) is 0 Å². The van der Waals surface area contributed by atoms with E-state index in [1.54, 1.807) is 6.92 Å². The molecule has 0 aliphatic carbocycles. The molecule has 68 valence electrons. The van der Waals surface area contributed by atoms with Crippen molar-refractivity contribution in [1.29, 1.82) is 0 Å². The van der Waals surface area contributed by atoms with E-state index in [2.05, 4.69) is 9.47 Å². The number of methoxy groups -OCH3 is 2. The zero-order chi connectivity index (χ0) is 9.56. The van der Waals surface area contributed by atoms with Gasteiger partial charge in [-0.3, -0.25) is 0 Å². The molecule has 0 saturated heterocycles. The third kappa shape index (κ3) is 3.18. The number of carbonyl (C=O) groups is 2. The number of ether oxygens (including phenoxy) is 2. The van der Waals surface area contributed by atoms with E-state index in [9.17, 15) is 9.59 Å². The van der Waals surface area contributed by atoms with Crippen molar-refractivity contribution >= 4 is 11.9 Å². The van der Waals surface area contributed by atoms with Crippen molar-refractivity contribution in [3.8, 4) is 0 Å². The lowest BCUT2D eigenvalue weighted by Gasteiger charge is -2.00. The fourth-order valence-electron chi connectivity index (χ4n) is 0.638. The Balaban J connectivity index is 4.43. The second kappa shape index (κ2) is 5.35. The molecule has 4 nitrogen and oxygen atoms in total. The van der Waals surface area contributed by atoms with Gasteiger partial charge in [-0.15, -0.1) is 0 Å². The molecule has 0 aromatic heterocycles. The molecule has 0 aliphatic heterocycles. The molecule has 0 aromatic carbocycles. The molecule has 0 radical (unpaired) electrons. The Morgan fingerprint density at radius 1 is 1.25 bits per heavy atom. The summed E-state index contributed by atoms with van der Waals surface area (Å²) < 4.78 is 8.79. The molecule has 0 aliphatic rings. The van der Waals surface area contributed by atoms with Crippen molar-refractivity contribution in [3.63, 3.8) is 0 Å². The molecular weight excluding hydrogens is 160 g/mol. The topological polar surface area (TPSA) is 52.6 Å². The zero-order valence-electron chi connectivity index (χ0n) is 7.42. The predicted molar refractivity (Wildman–Crippen MR) is 42.4 cm³/mol. The number of rotatable bonds is 3. The molecule has 0 rings (SSSR count). The van der Waals surface area contributed by atoms with Gasteiger partial charge in [0, 0.05) is 11.6 Å². The minimum Gasteiger partial charge on any atom is -0.466 e. The molecule has 0 spiro atoms. The first-order chi connectivity index (χ1) is 5.65. The third-order valence-electron chi connectivity index (χ3n) is 1.32. The second-order valence-corrected chi connectivity index (χ2v) is 2.04. The molecule has 0 atom stereocenters. The Morgan fingerprint density at radius 2 is 1.83 bits per heavy atom. The lowest BCUT2D eigenvalue weighted by Crippen LogP contribution is -2.07. The van der Waals surface area contributed by atoms with Gasteiger partial charge in [-0.25, -0.2) is 9.59 Å². The highest BCUT2D eigenvalue weighted by Gasteiger charge is 2.08. The monoisotopic (exact) mass is 172 g/mol. The van der Waals surface area contributed by atoms with Gasteiger partial charge in [-0.05, 0) is 6.42 Å². The van der Waals surface area contributed by atoms with E-state index in [1.165, 1.54) is 14.2 Å². The summed E-state index contributed by atoms with van der Waals surface area (Å²) in [5.41, 5.74) is 0.310. The lowest BCUT2D eigenvalue weighted by atomic mass is 10.2. The van der Waals surface area contributed by atoms with Crippen LogP contribution in [0.5, 0.6) is 0 Å². The smallest absolute Gasteiger partial charge is 0.333 e. The average molecular weight is 172 g/mol. The number of esters is 2. The summed E-state index contributed by atoms with van der Waals surface area (Å²) >= 11 is 0. The summed E-state index contributed by atoms with van der Waals surface area (Å²) in [6.07, 6.45) is 1.58. The lowest BCUT2D eigenvalue weighted by molar-refractivity contribution is -0.138. The Bertz CT molecular complexity index is 205. The highest BCUT2D eigenvalue weighted by atomic mass is 16.5. The van der Waals surface area contributed by atoms with Crippen LogP contribution in [0.2, 0.25) is 0 Å². The first-order valence-electron chi connectivity index (χ1n) is 3.52. The van der Waals surface area contributed by atoms with Crippen LogP contribution in [0.3, 0.4) is 0 Å². The maximum atomic E-state index is 10.9. The first kappa shape index (κ1) is 10.7. The first-order valence-corrected chi connectivity index (χ1v) is 3.52. The summed E-state index contributed by atoms with van der Waals surface area (Å²) in [7, 11) is 2.52. The van der Waals surface area contributed by atoms with Crippen LogP contribution in [0, 0.1) is 0 Å². The Labute approximate surface area is 71.2 Å². The van der Waals surface area contributed by atoms with Crippen molar-refractivity contribution in [2.45, 2.75) is 13.3 Å². The average Bonchev–Trinajstić information content (AvgIpc) is 2.12. The van der Waals surface area contributed by atoms with E-state index in [0.29, 0.717) is 12.0 Å². The normalized spacial score (nSPS) is 10.8. The summed E-state index contributed by atoms with van der Waals surface area (Å²) in [5, 5.41) is 0. The fraction of sp³-hybridized carbons (Fsp3) is 0.500. The van der Waals surface area contributed by atoms with Gasteiger partial charge >= 0.3 is 11.9 Å². The molecule has 0 bridgehead atoms. The van der Waals surface area contributed by atoms with Crippen LogP contribution in [-0.4, -0.2) is 26.2 Å². The van der Waals surface area contributed by atoms with E-state index >= 15 is 0 Å². The van der Waals surface area contributed by atoms with Crippen LogP contribution in [0.15, 0.2) is 11.6 Å². The van der Waals surface area contributed by atoms with E-state index < -0.39 is 11.9 Å². The van der Waals surface area contributed by atoms with Gasteiger partial charge in [0.15, 0.2) is 0 Å². The summed E-state index contributed by atoms with van der Waals surface area (Å²) in [6.45, 7) is 1.76. The molecule has 0 amide bonds. The van der Waals surface area contributed by atoms with Gasteiger partial charge < -0.3 is 9.47 Å². The summed E-state index contributed by atoms with van der Waals surface area (Å²) in [6, 6.07) is 0. The molecule has 0 aromatic rings. The van der Waals surface area contributed by atoms with Crippen molar-refractivity contribution in [2.24, 2.45) is 0 Å². The number of hydrogen-bond donors (Lipinski definition) is 0. The molecule has 12 heavy (non-hydrogen) atoms. The summed E-state index contributed by atoms with van der Waals surface area (Å²) in [5.74, 6) is -1.04. The third-order valence-corrected chi connectivity index (χ3v) is 1.32. The maximum Gasteiger partial charge on any atom is 0.333 e. The Kier molecular flexibility index (Phi) is 4.76. The van der Waals surface area contributed by atoms with Gasteiger partial charge in [-0.1, -0.05) is 6.92 Å². The molecule has 0 fully saturated rings. The quantitative estimate of drug-likeness (QED) is 0.463. The van der Waals surface area contributed by atoms with Crippen LogP contribution >= 0.6 is 0 Å². The van der Waals surface area contributed by atoms with Gasteiger partial charge in [-0.2, -0.15) is 0 Å². The van der Waals surface area contributed by atoms with E-state index in [4.69, 9.17) is 0 Å². The van der Waals surface area contributed by atoms with Crippen LogP contribution in [0.1, 0.15) is 13.3 Å². The van der Waals surface area contributed by atoms with Crippen molar-refractivity contribution < 1.29 is 19.1 Å². The molecule has 4 heteroatoms. The SMILES string of the molecule is CC/C(=C/C(=O)OC)C(=O)OC. The summed E-state index contributed by atoms with van der Waals surface area (Å²) in [4.78, 5) is 21.6. The van der Waals surface area contributed by atoms with E-state index in [0.717, 1.165) is 6.08 Å². The van der Waals surface area contributed by atoms with Gasteiger partial charge in [0.1, 0.15) is 0 Å². The van der Waals surface area contributed by atoms with Gasteiger partial charge in [0.25, 0.3) is 0 Å². The van der Waals surface area contributed by atoms with Crippen molar-refractivity contribution in [3.05, 3.63) is 11.6 Å². The standard InChI is InChI=1S/C8H12O4/c1-4-6(8(10)12-3)5-7(9)11-2/h5H,4H2,1-3H3/b6-5-. The molecular formula is C8H12O4. The van der Waals surface area contributed by atoms with Crippen LogP contribution in [-0.2, 0) is 19.1 Å². The Hall–Kier alpha value is -1.32. The predicted octanol–water partition coefficient (Wildman–Crippen LogP) is 0.669. The largest absolute Gasteiger partial charge is 0.466 e. The molecule has 0 unspecified atom stereocenters. The Morgan fingerprint density at radius 3 is 2.17 bits per heavy atom. The van der Waals surface area contributed by atoms with Crippen molar-refractivity contribution in [2.75, 3.05) is 14.2 Å². The molecule has 0 saturated carbocycles. The van der Waals surface area contributed by atoms with E-state index in [-0.39, 0.29) is 0 Å². The number of carbonyl (C=O) groups excluding carboxylic acids is 2. The fourth-order valence-corrected chi connectivity index (χ4v) is 0.638. The number of hydrogen-bond acceptors (Lipinski definition) is 4.